The largest absolute Gasteiger partial charge is 0.253 e. The maximum Gasteiger partial charge on any atom is 0.158 e. The number of aromatic nitrogens is 1. The van der Waals surface area contributed by atoms with E-state index in [4.69, 9.17) is 11.6 Å². The lowest BCUT2D eigenvalue weighted by Gasteiger charge is -2.06. The van der Waals surface area contributed by atoms with E-state index in [2.05, 4.69) is 37.6 Å². The first-order valence-corrected chi connectivity index (χ1v) is 5.16. The molecule has 0 amide bonds. The molecule has 0 fully saturated rings. The van der Waals surface area contributed by atoms with Crippen molar-refractivity contribution in [2.75, 3.05) is 0 Å². The fourth-order valence-corrected chi connectivity index (χ4v) is 1.45. The van der Waals surface area contributed by atoms with Crippen LogP contribution in [0.1, 0.15) is 17.9 Å². The van der Waals surface area contributed by atoms with Gasteiger partial charge in [-0.05, 0) is 35.6 Å². The molecule has 1 heterocycles. The van der Waals surface area contributed by atoms with Crippen LogP contribution in [-0.2, 0) is 0 Å². The zero-order valence-corrected chi connectivity index (χ0v) is 9.96. The lowest BCUT2D eigenvalue weighted by molar-refractivity contribution is 1.05. The summed E-state index contributed by atoms with van der Waals surface area (Å²) in [6, 6.07) is 1.89. The first-order valence-electron chi connectivity index (χ1n) is 3.93. The molecular weight excluding hydrogens is 265 g/mol. The Morgan fingerprint density at radius 1 is 1.71 bits per heavy atom. The van der Waals surface area contributed by atoms with Crippen LogP contribution in [0.15, 0.2) is 26.7 Å². The number of rotatable bonds is 3. The molecule has 0 aliphatic heterocycles. The third-order valence-electron chi connectivity index (χ3n) is 1.55. The summed E-state index contributed by atoms with van der Waals surface area (Å²) in [6.45, 7) is 5.16. The van der Waals surface area contributed by atoms with Crippen LogP contribution in [0.3, 0.4) is 0 Å². The predicted octanol–water partition coefficient (Wildman–Crippen LogP) is 3.50. The molecule has 0 aromatic carbocycles. The third-order valence-corrected chi connectivity index (χ3v) is 2.22. The normalized spacial score (nSPS) is 13.1. The molecule has 3 nitrogen and oxygen atoms in total. The number of alkyl halides is 1. The van der Waals surface area contributed by atoms with E-state index in [1.807, 2.05) is 13.0 Å². The highest BCUT2D eigenvalue weighted by Gasteiger charge is 2.08. The van der Waals surface area contributed by atoms with E-state index >= 15 is 0 Å². The molecule has 0 aliphatic carbocycles. The third kappa shape index (κ3) is 2.89. The van der Waals surface area contributed by atoms with Crippen LogP contribution in [-0.4, -0.2) is 18.0 Å². The van der Waals surface area contributed by atoms with Crippen molar-refractivity contribution in [3.05, 3.63) is 22.3 Å². The van der Waals surface area contributed by atoms with E-state index in [9.17, 15) is 0 Å². The molecular formula is C9H9BrClN3. The summed E-state index contributed by atoms with van der Waals surface area (Å²) in [5.74, 6) is 0.572. The molecule has 0 spiro atoms. The van der Waals surface area contributed by atoms with Crippen molar-refractivity contribution >= 4 is 46.4 Å². The topological polar surface area (TPSA) is 37.6 Å². The van der Waals surface area contributed by atoms with Gasteiger partial charge in [0.15, 0.2) is 5.82 Å². The number of pyridine rings is 1. The van der Waals surface area contributed by atoms with Crippen molar-refractivity contribution < 1.29 is 0 Å². The highest BCUT2D eigenvalue weighted by atomic mass is 79.9. The SMILES string of the molecule is C=N/C=N\c1ncc(Br)cc1C(C)Cl. The Labute approximate surface area is 96.1 Å². The summed E-state index contributed by atoms with van der Waals surface area (Å²) in [5.41, 5.74) is 0.862. The van der Waals surface area contributed by atoms with E-state index in [0.29, 0.717) is 5.82 Å². The summed E-state index contributed by atoms with van der Waals surface area (Å²) in [4.78, 5) is 11.7. The molecule has 0 N–H and O–H groups in total. The van der Waals surface area contributed by atoms with Crippen LogP contribution in [0, 0.1) is 0 Å². The first kappa shape index (κ1) is 11.3. The van der Waals surface area contributed by atoms with Crippen LogP contribution in [0.4, 0.5) is 5.82 Å². The quantitative estimate of drug-likeness (QED) is 0.472. The fourth-order valence-electron chi connectivity index (χ4n) is 0.944. The lowest BCUT2D eigenvalue weighted by atomic mass is 10.2. The van der Waals surface area contributed by atoms with E-state index in [0.717, 1.165) is 10.0 Å². The second kappa shape index (κ2) is 5.22. The molecule has 1 aromatic rings. The Morgan fingerprint density at radius 2 is 2.43 bits per heavy atom. The van der Waals surface area contributed by atoms with Gasteiger partial charge in [0.2, 0.25) is 0 Å². The minimum atomic E-state index is -0.142. The van der Waals surface area contributed by atoms with Crippen LogP contribution in [0.2, 0.25) is 0 Å². The minimum absolute atomic E-state index is 0.142. The van der Waals surface area contributed by atoms with Crippen LogP contribution >= 0.6 is 27.5 Å². The molecule has 0 radical (unpaired) electrons. The van der Waals surface area contributed by atoms with E-state index < -0.39 is 0 Å². The van der Waals surface area contributed by atoms with Crippen molar-refractivity contribution in [1.29, 1.82) is 0 Å². The van der Waals surface area contributed by atoms with Gasteiger partial charge in [-0.1, -0.05) is 0 Å². The summed E-state index contributed by atoms with van der Waals surface area (Å²) in [7, 11) is 0. The predicted molar refractivity (Wildman–Crippen MR) is 63.9 cm³/mol. The average molecular weight is 275 g/mol. The smallest absolute Gasteiger partial charge is 0.158 e. The number of aliphatic imine (C=N–C) groups is 2. The summed E-state index contributed by atoms with van der Waals surface area (Å²) in [5, 5.41) is -0.142. The highest BCUT2D eigenvalue weighted by Crippen LogP contribution is 2.29. The molecule has 14 heavy (non-hydrogen) atoms. The van der Waals surface area contributed by atoms with Crippen molar-refractivity contribution in [3.63, 3.8) is 0 Å². The van der Waals surface area contributed by atoms with Gasteiger partial charge in [0.1, 0.15) is 6.34 Å². The van der Waals surface area contributed by atoms with Gasteiger partial charge < -0.3 is 0 Å². The number of halogens is 2. The Bertz CT molecular complexity index is 363. The fraction of sp³-hybridized carbons (Fsp3) is 0.222. The van der Waals surface area contributed by atoms with E-state index in [1.165, 1.54) is 6.34 Å². The molecule has 0 bridgehead atoms. The average Bonchev–Trinajstić information content (AvgIpc) is 2.15. The molecule has 1 aromatic heterocycles. The van der Waals surface area contributed by atoms with Crippen molar-refractivity contribution in [3.8, 4) is 0 Å². The Kier molecular flexibility index (Phi) is 4.22. The lowest BCUT2D eigenvalue weighted by Crippen LogP contribution is -1.88. The molecule has 0 aliphatic rings. The Hall–Kier alpha value is -0.740. The van der Waals surface area contributed by atoms with Gasteiger partial charge in [-0.2, -0.15) is 0 Å². The second-order valence-electron chi connectivity index (χ2n) is 2.61. The molecule has 74 valence electrons. The zero-order valence-electron chi connectivity index (χ0n) is 7.61. The number of nitrogens with zero attached hydrogens (tertiary/aromatic N) is 3. The van der Waals surface area contributed by atoms with Gasteiger partial charge in [0.05, 0.1) is 5.38 Å². The molecule has 1 rings (SSSR count). The summed E-state index contributed by atoms with van der Waals surface area (Å²) in [6.07, 6.45) is 3.01. The van der Waals surface area contributed by atoms with Crippen LogP contribution in [0.5, 0.6) is 0 Å². The van der Waals surface area contributed by atoms with Gasteiger partial charge in [-0.3, -0.25) is 4.99 Å². The van der Waals surface area contributed by atoms with Crippen molar-refractivity contribution in [1.82, 2.24) is 4.98 Å². The van der Waals surface area contributed by atoms with Gasteiger partial charge in [0, 0.05) is 16.2 Å². The van der Waals surface area contributed by atoms with Crippen molar-refractivity contribution in [2.24, 2.45) is 9.98 Å². The van der Waals surface area contributed by atoms with E-state index in [-0.39, 0.29) is 5.38 Å². The Morgan fingerprint density at radius 3 is 3.00 bits per heavy atom. The van der Waals surface area contributed by atoms with E-state index in [1.54, 1.807) is 6.20 Å². The van der Waals surface area contributed by atoms with Gasteiger partial charge >= 0.3 is 0 Å². The summed E-state index contributed by atoms with van der Waals surface area (Å²) >= 11 is 9.30. The van der Waals surface area contributed by atoms with Gasteiger partial charge in [-0.15, -0.1) is 11.6 Å². The maximum absolute atomic E-state index is 5.98. The minimum Gasteiger partial charge on any atom is -0.253 e. The van der Waals surface area contributed by atoms with Crippen LogP contribution < -0.4 is 0 Å². The van der Waals surface area contributed by atoms with Crippen LogP contribution in [0.25, 0.3) is 0 Å². The molecule has 0 saturated heterocycles. The van der Waals surface area contributed by atoms with Gasteiger partial charge in [0.25, 0.3) is 0 Å². The standard InChI is InChI=1S/C9H9BrClN3/c1-6(11)8-3-7(10)4-13-9(8)14-5-12-2/h3-6H,2H2,1H3/b14-5-. The zero-order chi connectivity index (χ0) is 10.6. The molecule has 0 saturated carbocycles. The first-order chi connectivity index (χ1) is 6.65. The molecule has 5 heteroatoms. The second-order valence-corrected chi connectivity index (χ2v) is 4.18. The van der Waals surface area contributed by atoms with Gasteiger partial charge in [-0.25, -0.2) is 9.98 Å². The van der Waals surface area contributed by atoms with Crippen molar-refractivity contribution in [2.45, 2.75) is 12.3 Å². The number of hydrogen-bond donors (Lipinski definition) is 0. The highest BCUT2D eigenvalue weighted by molar-refractivity contribution is 9.10. The number of hydrogen-bond acceptors (Lipinski definition) is 2. The summed E-state index contributed by atoms with van der Waals surface area (Å²) < 4.78 is 0.880. The monoisotopic (exact) mass is 273 g/mol. The molecule has 1 unspecified atom stereocenters. The maximum atomic E-state index is 5.98. The molecule has 1 atom stereocenters. The Balaban J connectivity index is 3.14.